The van der Waals surface area contributed by atoms with E-state index in [2.05, 4.69) is 76.2 Å². The van der Waals surface area contributed by atoms with E-state index < -0.39 is 6.23 Å². The first kappa shape index (κ1) is 32.2. The highest BCUT2D eigenvalue weighted by atomic mass is 32.1. The molecule has 2 heterocycles. The van der Waals surface area contributed by atoms with Gasteiger partial charge < -0.3 is 21.1 Å². The first-order valence-electron chi connectivity index (χ1n) is 14.9. The van der Waals surface area contributed by atoms with Crippen LogP contribution in [-0.2, 0) is 37.0 Å². The number of hydrogen-bond acceptors (Lipinski definition) is 9. The van der Waals surface area contributed by atoms with Crippen molar-refractivity contribution < 1.29 is 9.90 Å². The lowest BCUT2D eigenvalue weighted by atomic mass is 9.88. The first-order valence-corrected chi connectivity index (χ1v) is 15.7. The van der Waals surface area contributed by atoms with Crippen molar-refractivity contribution in [3.8, 4) is 0 Å². The van der Waals surface area contributed by atoms with Crippen LogP contribution in [0.25, 0.3) is 0 Å². The predicted molar refractivity (Wildman–Crippen MR) is 173 cm³/mol. The Kier molecular flexibility index (Phi) is 11.7. The summed E-state index contributed by atoms with van der Waals surface area (Å²) in [6, 6.07) is 22.1. The number of unbranched alkanes of at least 4 members (excludes halogenated alkanes) is 1. The molecule has 228 valence electrons. The van der Waals surface area contributed by atoms with Crippen LogP contribution < -0.4 is 16.0 Å². The molecule has 4 rings (SSSR count). The van der Waals surface area contributed by atoms with Crippen LogP contribution in [0.2, 0.25) is 0 Å². The maximum atomic E-state index is 12.7. The molecule has 0 aliphatic rings. The molecule has 9 nitrogen and oxygen atoms in total. The number of anilines is 2. The minimum absolute atomic E-state index is 0.0973. The van der Waals surface area contributed by atoms with E-state index in [9.17, 15) is 9.90 Å². The van der Waals surface area contributed by atoms with Gasteiger partial charge in [-0.3, -0.25) is 4.79 Å². The smallest absolute Gasteiger partial charge is 0.230 e. The summed E-state index contributed by atoms with van der Waals surface area (Å²) in [6.07, 6.45) is 3.49. The minimum atomic E-state index is -0.731. The molecule has 2 unspecified atom stereocenters. The number of nitrogens with one attached hydrogen (secondary N) is 3. The van der Waals surface area contributed by atoms with E-state index in [1.54, 1.807) is 0 Å². The fourth-order valence-corrected chi connectivity index (χ4v) is 5.19. The topological polar surface area (TPSA) is 125 Å². The Hall–Kier alpha value is -3.73. The number of carbonyl (C=O) groups excluding carboxylic acids is 1. The number of carbonyl (C=O) groups is 1. The second-order valence-electron chi connectivity index (χ2n) is 12.0. The Bertz CT molecular complexity index is 1420. The molecule has 0 aliphatic heterocycles. The van der Waals surface area contributed by atoms with Gasteiger partial charge in [-0.05, 0) is 60.4 Å². The van der Waals surface area contributed by atoms with E-state index in [0.717, 1.165) is 59.6 Å². The summed E-state index contributed by atoms with van der Waals surface area (Å²) in [7, 11) is 0. The average molecular weight is 602 g/mol. The second kappa shape index (κ2) is 15.7. The van der Waals surface area contributed by atoms with Gasteiger partial charge in [0.05, 0.1) is 12.1 Å². The van der Waals surface area contributed by atoms with Crippen molar-refractivity contribution in [1.29, 1.82) is 0 Å². The van der Waals surface area contributed by atoms with Crippen LogP contribution in [0.15, 0.2) is 66.7 Å². The highest BCUT2D eigenvalue weighted by Gasteiger charge is 2.19. The largest absolute Gasteiger partial charge is 0.373 e. The third kappa shape index (κ3) is 11.1. The van der Waals surface area contributed by atoms with Gasteiger partial charge >= 0.3 is 0 Å². The molecule has 0 bridgehead atoms. The summed E-state index contributed by atoms with van der Waals surface area (Å²) in [5.74, 6) is 0.450. The van der Waals surface area contributed by atoms with Gasteiger partial charge in [-0.1, -0.05) is 86.7 Å². The molecule has 0 saturated heterocycles. The van der Waals surface area contributed by atoms with Gasteiger partial charge in [0.15, 0.2) is 5.82 Å². The molecule has 2 atom stereocenters. The van der Waals surface area contributed by atoms with Gasteiger partial charge in [-0.2, -0.15) is 5.10 Å². The average Bonchev–Trinajstić information content (AvgIpc) is 3.41. The zero-order valence-electron chi connectivity index (χ0n) is 25.5. The Balaban J connectivity index is 1.14. The van der Waals surface area contributed by atoms with Crippen LogP contribution in [0.3, 0.4) is 0 Å². The highest BCUT2D eigenvalue weighted by Crippen LogP contribution is 2.20. The number of rotatable bonds is 15. The molecule has 0 radical (unpaired) electrons. The van der Waals surface area contributed by atoms with E-state index in [0.29, 0.717) is 29.8 Å². The lowest BCUT2D eigenvalue weighted by Crippen LogP contribution is -2.37. The minimum Gasteiger partial charge on any atom is -0.373 e. The zero-order chi connectivity index (χ0) is 30.7. The first-order chi connectivity index (χ1) is 20.6. The van der Waals surface area contributed by atoms with Crippen LogP contribution >= 0.6 is 11.3 Å². The van der Waals surface area contributed by atoms with E-state index in [1.807, 2.05) is 54.6 Å². The van der Waals surface area contributed by atoms with Crippen LogP contribution in [0.1, 0.15) is 67.9 Å². The normalized spacial score (nSPS) is 13.0. The van der Waals surface area contributed by atoms with Gasteiger partial charge in [0, 0.05) is 25.4 Å². The third-order valence-corrected chi connectivity index (χ3v) is 8.26. The fourth-order valence-electron chi connectivity index (χ4n) is 4.39. The lowest BCUT2D eigenvalue weighted by Gasteiger charge is -2.28. The summed E-state index contributed by atoms with van der Waals surface area (Å²) < 4.78 is 0. The van der Waals surface area contributed by atoms with Gasteiger partial charge in [0.25, 0.3) is 0 Å². The molecular formula is C33H43N7O2S. The summed E-state index contributed by atoms with van der Waals surface area (Å²) in [4.78, 5) is 12.7. The van der Waals surface area contributed by atoms with Gasteiger partial charge in [-0.25, -0.2) is 0 Å². The number of amides is 1. The van der Waals surface area contributed by atoms with Gasteiger partial charge in [-0.15, -0.1) is 15.3 Å². The molecule has 0 spiro atoms. The highest BCUT2D eigenvalue weighted by molar-refractivity contribution is 7.15. The summed E-state index contributed by atoms with van der Waals surface area (Å²) >= 11 is 1.42. The summed E-state index contributed by atoms with van der Waals surface area (Å²) in [6.45, 7) is 9.63. The number of hydrogen-bond donors (Lipinski definition) is 4. The molecule has 1 amide bonds. The molecule has 0 saturated carbocycles. The van der Waals surface area contributed by atoms with Crippen molar-refractivity contribution >= 4 is 28.2 Å². The molecule has 0 fully saturated rings. The predicted octanol–water partition coefficient (Wildman–Crippen LogP) is 5.57. The molecule has 0 aliphatic carbocycles. The van der Waals surface area contributed by atoms with Gasteiger partial charge in [0.2, 0.25) is 11.0 Å². The van der Waals surface area contributed by atoms with Crippen LogP contribution in [0.4, 0.5) is 10.9 Å². The molecular weight excluding hydrogens is 558 g/mol. The maximum absolute atomic E-state index is 12.7. The lowest BCUT2D eigenvalue weighted by molar-refractivity contribution is -0.115. The van der Waals surface area contributed by atoms with Crippen molar-refractivity contribution in [3.63, 3.8) is 0 Å². The number of aliphatic hydroxyl groups excluding tert-OH is 1. The van der Waals surface area contributed by atoms with Crippen molar-refractivity contribution in [3.05, 3.63) is 94.1 Å². The molecule has 2 aromatic heterocycles. The standard InChI is InChI=1S/C33H43N7O2S/c1-23(33(2,3)4)34-22-26-14-10-13-25(19-26)21-30(42)36-32-40-39-31(43-32)16-9-8-15-27-17-18-28(38-37-27)35-29(41)20-24-11-6-5-7-12-24/h5-7,10-14,17-19,23,29,34,41H,8-9,15-16,20-22H2,1-4H3,(H,35,38)(H,36,40,42). The maximum Gasteiger partial charge on any atom is 0.230 e. The number of benzene rings is 2. The molecule has 4 aromatic rings. The quantitative estimate of drug-likeness (QED) is 0.103. The van der Waals surface area contributed by atoms with E-state index in [1.165, 1.54) is 11.3 Å². The molecule has 10 heteroatoms. The van der Waals surface area contributed by atoms with E-state index >= 15 is 0 Å². The Morgan fingerprint density at radius 1 is 0.884 bits per heavy atom. The SMILES string of the molecule is CC(NCc1cccc(CC(=O)Nc2nnc(CCCCc3ccc(NC(O)Cc4ccccc4)nn3)s2)c1)C(C)(C)C. The molecule has 2 aromatic carbocycles. The van der Waals surface area contributed by atoms with Crippen molar-refractivity contribution in [1.82, 2.24) is 25.7 Å². The number of nitrogens with zero attached hydrogens (tertiary/aromatic N) is 4. The molecule has 43 heavy (non-hydrogen) atoms. The summed E-state index contributed by atoms with van der Waals surface area (Å²) in [5.41, 5.74) is 4.27. The molecule has 4 N–H and O–H groups in total. The van der Waals surface area contributed by atoms with Crippen LogP contribution in [-0.4, -0.2) is 43.7 Å². The van der Waals surface area contributed by atoms with Crippen molar-refractivity contribution in [2.45, 2.75) is 85.0 Å². The van der Waals surface area contributed by atoms with E-state index in [4.69, 9.17) is 0 Å². The number of aryl methyl sites for hydroxylation is 2. The Morgan fingerprint density at radius 3 is 2.37 bits per heavy atom. The van der Waals surface area contributed by atoms with E-state index in [-0.39, 0.29) is 11.3 Å². The Morgan fingerprint density at radius 2 is 1.63 bits per heavy atom. The number of aliphatic hydroxyl groups is 1. The van der Waals surface area contributed by atoms with Gasteiger partial charge in [0.1, 0.15) is 11.2 Å². The zero-order valence-corrected chi connectivity index (χ0v) is 26.3. The second-order valence-corrected chi connectivity index (χ2v) is 13.0. The summed E-state index contributed by atoms with van der Waals surface area (Å²) in [5, 5.41) is 38.1. The van der Waals surface area contributed by atoms with Crippen LogP contribution in [0, 0.1) is 5.41 Å². The number of aromatic nitrogens is 4. The monoisotopic (exact) mass is 601 g/mol. The Labute approximate surface area is 258 Å². The fraction of sp³-hybridized carbons (Fsp3) is 0.424. The third-order valence-electron chi connectivity index (χ3n) is 7.36. The van der Waals surface area contributed by atoms with Crippen molar-refractivity contribution in [2.75, 3.05) is 10.6 Å². The van der Waals surface area contributed by atoms with Crippen molar-refractivity contribution in [2.24, 2.45) is 5.41 Å². The van der Waals surface area contributed by atoms with Crippen LogP contribution in [0.5, 0.6) is 0 Å².